The molecule has 0 aromatic carbocycles. The summed E-state index contributed by atoms with van der Waals surface area (Å²) in [5.74, 6) is -0.0183. The van der Waals surface area contributed by atoms with Gasteiger partial charge in [0.2, 0.25) is 0 Å². The van der Waals surface area contributed by atoms with Crippen LogP contribution in [0.2, 0.25) is 0 Å². The third-order valence-electron chi connectivity index (χ3n) is 1.82. The Morgan fingerprint density at radius 2 is 2.24 bits per heavy atom. The fraction of sp³-hybridized carbons (Fsp3) is 0.222. The molecule has 0 atom stereocenters. The first-order valence-corrected chi connectivity index (χ1v) is 4.45. The van der Waals surface area contributed by atoms with Crippen molar-refractivity contribution in [3.63, 3.8) is 0 Å². The van der Waals surface area contributed by atoms with Crippen LogP contribution in [0.3, 0.4) is 0 Å². The normalized spacial score (nSPS) is 11.5. The average Bonchev–Trinajstić information content (AvgIpc) is 2.25. The summed E-state index contributed by atoms with van der Waals surface area (Å²) >= 11 is 0. The summed E-state index contributed by atoms with van der Waals surface area (Å²) in [6.45, 7) is 0.0339. The molecule has 0 amide bonds. The smallest absolute Gasteiger partial charge is 0.383 e. The Hall–Kier alpha value is -2.21. The highest BCUT2D eigenvalue weighted by molar-refractivity contribution is 5.61. The number of alkyl halides is 3. The molecule has 8 heteroatoms. The topological polar surface area (TPSA) is 87.7 Å². The third-order valence-corrected chi connectivity index (χ3v) is 1.82. The van der Waals surface area contributed by atoms with Gasteiger partial charge in [0.1, 0.15) is 5.82 Å². The van der Waals surface area contributed by atoms with Gasteiger partial charge in [0.25, 0.3) is 0 Å². The molecule has 1 heterocycles. The minimum absolute atomic E-state index is 0.0183. The molecule has 0 spiro atoms. The summed E-state index contributed by atoms with van der Waals surface area (Å²) < 4.78 is 37.1. The van der Waals surface area contributed by atoms with Gasteiger partial charge in [-0.1, -0.05) is 17.3 Å². The number of rotatable bonds is 3. The van der Waals surface area contributed by atoms with E-state index >= 15 is 0 Å². The molecule has 0 aliphatic carbocycles. The molecular weight excluding hydrogens is 235 g/mol. The summed E-state index contributed by atoms with van der Waals surface area (Å²) in [7, 11) is 0. The standard InChI is InChI=1S/C9H8F3N5/c10-9(11,12)7-4-6(8(13)15-5-7)2-1-3-16-17-14/h1-2,4-5H,3H2,(H2,13,15). The maximum Gasteiger partial charge on any atom is 0.417 e. The maximum atomic E-state index is 12.4. The highest BCUT2D eigenvalue weighted by Gasteiger charge is 2.31. The third kappa shape index (κ3) is 3.69. The van der Waals surface area contributed by atoms with Gasteiger partial charge < -0.3 is 5.73 Å². The van der Waals surface area contributed by atoms with Crippen molar-refractivity contribution in [3.8, 4) is 0 Å². The predicted octanol–water partition coefficient (Wildman–Crippen LogP) is 3.01. The second-order valence-corrected chi connectivity index (χ2v) is 3.01. The van der Waals surface area contributed by atoms with Crippen molar-refractivity contribution in [2.45, 2.75) is 6.18 Å². The summed E-state index contributed by atoms with van der Waals surface area (Å²) in [6, 6.07) is 0.884. The minimum atomic E-state index is -4.46. The van der Waals surface area contributed by atoms with Gasteiger partial charge >= 0.3 is 6.18 Å². The molecule has 0 bridgehead atoms. The molecule has 17 heavy (non-hydrogen) atoms. The van der Waals surface area contributed by atoms with Crippen molar-refractivity contribution in [1.29, 1.82) is 0 Å². The van der Waals surface area contributed by atoms with E-state index in [1.54, 1.807) is 0 Å². The fourth-order valence-electron chi connectivity index (χ4n) is 1.04. The Balaban J connectivity index is 2.99. The fourth-order valence-corrected chi connectivity index (χ4v) is 1.04. The van der Waals surface area contributed by atoms with E-state index in [0.717, 1.165) is 6.07 Å². The number of nitrogens with zero attached hydrogens (tertiary/aromatic N) is 4. The molecule has 5 nitrogen and oxygen atoms in total. The molecule has 0 radical (unpaired) electrons. The van der Waals surface area contributed by atoms with Crippen LogP contribution in [0, 0.1) is 0 Å². The van der Waals surface area contributed by atoms with E-state index in [9.17, 15) is 13.2 Å². The van der Waals surface area contributed by atoms with Gasteiger partial charge in [0.05, 0.1) is 5.56 Å². The number of aromatic nitrogens is 1. The van der Waals surface area contributed by atoms with Crippen LogP contribution in [0.1, 0.15) is 11.1 Å². The van der Waals surface area contributed by atoms with Gasteiger partial charge in [-0.15, -0.1) is 0 Å². The molecule has 0 saturated heterocycles. The van der Waals surface area contributed by atoms with Crippen LogP contribution in [0.5, 0.6) is 0 Å². The second-order valence-electron chi connectivity index (χ2n) is 3.01. The first kappa shape index (κ1) is 12.9. The van der Waals surface area contributed by atoms with Crippen molar-refractivity contribution in [2.24, 2.45) is 5.11 Å². The molecule has 1 aromatic heterocycles. The van der Waals surface area contributed by atoms with Crippen molar-refractivity contribution in [1.82, 2.24) is 4.98 Å². The Morgan fingerprint density at radius 1 is 1.53 bits per heavy atom. The molecule has 2 N–H and O–H groups in total. The van der Waals surface area contributed by atoms with Crippen LogP contribution in [0.25, 0.3) is 16.5 Å². The van der Waals surface area contributed by atoms with E-state index in [1.807, 2.05) is 0 Å². The number of pyridine rings is 1. The van der Waals surface area contributed by atoms with E-state index in [1.165, 1.54) is 12.2 Å². The summed E-state index contributed by atoms with van der Waals surface area (Å²) in [5, 5.41) is 3.20. The quantitative estimate of drug-likeness (QED) is 0.502. The molecule has 0 aliphatic rings. The number of nitrogens with two attached hydrogens (primary N) is 1. The van der Waals surface area contributed by atoms with Crippen LogP contribution < -0.4 is 5.73 Å². The number of anilines is 1. The molecule has 1 rings (SSSR count). The van der Waals surface area contributed by atoms with E-state index in [0.29, 0.717) is 6.20 Å². The lowest BCUT2D eigenvalue weighted by Gasteiger charge is -2.07. The monoisotopic (exact) mass is 243 g/mol. The highest BCUT2D eigenvalue weighted by atomic mass is 19.4. The molecule has 0 saturated carbocycles. The average molecular weight is 243 g/mol. The molecule has 1 aromatic rings. The maximum absolute atomic E-state index is 12.4. The first-order chi connectivity index (χ1) is 7.95. The molecule has 0 unspecified atom stereocenters. The van der Waals surface area contributed by atoms with Crippen LogP contribution in [0.15, 0.2) is 23.5 Å². The van der Waals surface area contributed by atoms with E-state index in [2.05, 4.69) is 15.0 Å². The van der Waals surface area contributed by atoms with Crippen molar-refractivity contribution < 1.29 is 13.2 Å². The predicted molar refractivity (Wildman–Crippen MR) is 56.7 cm³/mol. The highest BCUT2D eigenvalue weighted by Crippen LogP contribution is 2.30. The SMILES string of the molecule is [N-]=[N+]=NCC=Cc1cc(C(F)(F)F)cnc1N. The zero-order chi connectivity index (χ0) is 12.9. The number of hydrogen-bond acceptors (Lipinski definition) is 3. The van der Waals surface area contributed by atoms with Gasteiger partial charge in [0.15, 0.2) is 0 Å². The van der Waals surface area contributed by atoms with Gasteiger partial charge in [-0.3, -0.25) is 0 Å². The Bertz CT molecular complexity index is 474. The lowest BCUT2D eigenvalue weighted by molar-refractivity contribution is -0.137. The van der Waals surface area contributed by atoms with Crippen molar-refractivity contribution >= 4 is 11.9 Å². The van der Waals surface area contributed by atoms with Crippen LogP contribution in [-0.2, 0) is 6.18 Å². The van der Waals surface area contributed by atoms with Crippen LogP contribution >= 0.6 is 0 Å². The first-order valence-electron chi connectivity index (χ1n) is 4.45. The summed E-state index contributed by atoms with van der Waals surface area (Å²) in [6.07, 6.45) is -1.08. The Morgan fingerprint density at radius 3 is 2.82 bits per heavy atom. The second kappa shape index (κ2) is 5.22. The molecule has 0 fully saturated rings. The lowest BCUT2D eigenvalue weighted by Crippen LogP contribution is -2.07. The Kier molecular flexibility index (Phi) is 3.95. The van der Waals surface area contributed by atoms with Crippen molar-refractivity contribution in [3.05, 3.63) is 39.9 Å². The molecule has 90 valence electrons. The zero-order valence-corrected chi connectivity index (χ0v) is 8.52. The number of nitrogen functional groups attached to an aromatic ring is 1. The largest absolute Gasteiger partial charge is 0.417 e. The molecular formula is C9H8F3N5. The number of azide groups is 1. The van der Waals surface area contributed by atoms with Crippen LogP contribution in [-0.4, -0.2) is 11.5 Å². The van der Waals surface area contributed by atoms with Gasteiger partial charge in [0, 0.05) is 23.2 Å². The molecule has 0 aliphatic heterocycles. The summed E-state index contributed by atoms with van der Waals surface area (Å²) in [5.41, 5.74) is 12.7. The van der Waals surface area contributed by atoms with E-state index in [4.69, 9.17) is 11.3 Å². The Labute approximate surface area is 94.4 Å². The van der Waals surface area contributed by atoms with Gasteiger partial charge in [-0.25, -0.2) is 4.98 Å². The van der Waals surface area contributed by atoms with Gasteiger partial charge in [-0.05, 0) is 11.6 Å². The minimum Gasteiger partial charge on any atom is -0.383 e. The number of hydrogen-bond donors (Lipinski definition) is 1. The van der Waals surface area contributed by atoms with E-state index in [-0.39, 0.29) is 17.9 Å². The lowest BCUT2D eigenvalue weighted by atomic mass is 10.1. The van der Waals surface area contributed by atoms with Crippen LogP contribution in [0.4, 0.5) is 19.0 Å². The van der Waals surface area contributed by atoms with Crippen molar-refractivity contribution in [2.75, 3.05) is 12.3 Å². The number of halogens is 3. The van der Waals surface area contributed by atoms with E-state index < -0.39 is 11.7 Å². The zero-order valence-electron chi connectivity index (χ0n) is 8.52. The summed E-state index contributed by atoms with van der Waals surface area (Å²) in [4.78, 5) is 5.94. The van der Waals surface area contributed by atoms with Gasteiger partial charge in [-0.2, -0.15) is 13.2 Å².